The van der Waals surface area contributed by atoms with Crippen LogP contribution in [0.4, 0.5) is 4.39 Å². The fourth-order valence-electron chi connectivity index (χ4n) is 3.35. The van der Waals surface area contributed by atoms with Crippen molar-refractivity contribution in [2.45, 2.75) is 37.8 Å². The third-order valence-corrected chi connectivity index (χ3v) is 4.91. The molecule has 0 radical (unpaired) electrons. The van der Waals surface area contributed by atoms with Gasteiger partial charge >= 0.3 is 0 Å². The summed E-state index contributed by atoms with van der Waals surface area (Å²) in [6, 6.07) is 5.81. The van der Waals surface area contributed by atoms with Crippen molar-refractivity contribution in [3.8, 4) is 5.75 Å². The van der Waals surface area contributed by atoms with Gasteiger partial charge in [-0.1, -0.05) is 12.5 Å². The molecular weight excluding hydrogens is 313 g/mol. The number of hydrogen-bond donors (Lipinski definition) is 1. The van der Waals surface area contributed by atoms with Crippen molar-refractivity contribution < 1.29 is 23.4 Å². The zero-order valence-electron chi connectivity index (χ0n) is 13.9. The fraction of sp³-hybridized carbons (Fsp3) is 0.611. The van der Waals surface area contributed by atoms with Crippen molar-refractivity contribution in [2.24, 2.45) is 5.41 Å². The van der Waals surface area contributed by atoms with Crippen molar-refractivity contribution in [2.75, 3.05) is 26.9 Å². The Bertz CT molecular complexity index is 576. The van der Waals surface area contributed by atoms with Crippen LogP contribution in [0, 0.1) is 11.2 Å². The highest BCUT2D eigenvalue weighted by Crippen LogP contribution is 2.41. The van der Waals surface area contributed by atoms with Crippen LogP contribution in [0.3, 0.4) is 0 Å². The van der Waals surface area contributed by atoms with Crippen LogP contribution in [0.1, 0.15) is 25.7 Å². The van der Waals surface area contributed by atoms with E-state index >= 15 is 0 Å². The Balaban J connectivity index is 1.65. The first-order valence-corrected chi connectivity index (χ1v) is 8.43. The SMILES string of the molecule is COCC1(C(=O)N[C@@H]2COCC[C@@H]2Oc2cccc(F)c2)CCC1. The lowest BCUT2D eigenvalue weighted by Crippen LogP contribution is -2.57. The van der Waals surface area contributed by atoms with Gasteiger partial charge in [0.05, 0.1) is 31.3 Å². The maximum absolute atomic E-state index is 13.3. The second-order valence-corrected chi connectivity index (χ2v) is 6.62. The number of hydrogen-bond acceptors (Lipinski definition) is 4. The van der Waals surface area contributed by atoms with Crippen LogP contribution in [0.2, 0.25) is 0 Å². The van der Waals surface area contributed by atoms with Gasteiger partial charge in [0.15, 0.2) is 0 Å². The first-order valence-electron chi connectivity index (χ1n) is 8.43. The number of methoxy groups -OCH3 is 1. The van der Waals surface area contributed by atoms with Crippen molar-refractivity contribution >= 4 is 5.91 Å². The lowest BCUT2D eigenvalue weighted by atomic mass is 9.68. The summed E-state index contributed by atoms with van der Waals surface area (Å²) in [7, 11) is 1.62. The van der Waals surface area contributed by atoms with Crippen LogP contribution < -0.4 is 10.1 Å². The summed E-state index contributed by atoms with van der Waals surface area (Å²) in [5.41, 5.74) is -0.421. The normalized spacial score (nSPS) is 25.6. The number of benzene rings is 1. The van der Waals surface area contributed by atoms with E-state index in [9.17, 15) is 9.18 Å². The third-order valence-electron chi connectivity index (χ3n) is 4.91. The summed E-state index contributed by atoms with van der Waals surface area (Å²) in [4.78, 5) is 12.7. The molecule has 24 heavy (non-hydrogen) atoms. The van der Waals surface area contributed by atoms with E-state index < -0.39 is 5.41 Å². The molecule has 132 valence electrons. The highest BCUT2D eigenvalue weighted by Gasteiger charge is 2.45. The predicted octanol–water partition coefficient (Wildman–Crippen LogP) is 2.29. The molecule has 3 rings (SSSR count). The van der Waals surface area contributed by atoms with Gasteiger partial charge in [-0.25, -0.2) is 4.39 Å². The van der Waals surface area contributed by atoms with E-state index in [1.807, 2.05) is 0 Å². The first-order chi connectivity index (χ1) is 11.6. The average molecular weight is 337 g/mol. The quantitative estimate of drug-likeness (QED) is 0.865. The highest BCUT2D eigenvalue weighted by molar-refractivity contribution is 5.84. The molecule has 0 aromatic heterocycles. The van der Waals surface area contributed by atoms with Crippen molar-refractivity contribution in [1.82, 2.24) is 5.32 Å². The maximum atomic E-state index is 13.3. The molecule has 1 saturated carbocycles. The van der Waals surface area contributed by atoms with E-state index in [-0.39, 0.29) is 23.9 Å². The molecular formula is C18H24FNO4. The Hall–Kier alpha value is -1.66. The molecule has 1 aromatic carbocycles. The molecule has 1 saturated heterocycles. The molecule has 1 aliphatic heterocycles. The number of rotatable bonds is 6. The Morgan fingerprint density at radius 3 is 2.96 bits per heavy atom. The summed E-state index contributed by atoms with van der Waals surface area (Å²) in [6.45, 7) is 1.40. The van der Waals surface area contributed by atoms with E-state index in [0.717, 1.165) is 19.3 Å². The molecule has 1 amide bonds. The number of ether oxygens (including phenoxy) is 3. The van der Waals surface area contributed by atoms with Gasteiger partial charge in [0.1, 0.15) is 17.7 Å². The van der Waals surface area contributed by atoms with Gasteiger partial charge in [-0.15, -0.1) is 0 Å². The molecule has 1 heterocycles. The smallest absolute Gasteiger partial charge is 0.228 e. The van der Waals surface area contributed by atoms with Crippen molar-refractivity contribution in [3.63, 3.8) is 0 Å². The van der Waals surface area contributed by atoms with Gasteiger partial charge in [-0.3, -0.25) is 4.79 Å². The molecule has 0 unspecified atom stereocenters. The van der Waals surface area contributed by atoms with E-state index in [2.05, 4.69) is 5.32 Å². The predicted molar refractivity (Wildman–Crippen MR) is 86.3 cm³/mol. The standard InChI is InChI=1S/C18H24FNO4/c1-22-12-18(7-3-8-18)17(21)20-15-11-23-9-6-16(15)24-14-5-2-4-13(19)10-14/h2,4-5,10,15-16H,3,6-9,11-12H2,1H3,(H,20,21)/t15-,16+/m1/s1. The monoisotopic (exact) mass is 337 g/mol. The molecule has 0 bridgehead atoms. The largest absolute Gasteiger partial charge is 0.488 e. The van der Waals surface area contributed by atoms with Gasteiger partial charge < -0.3 is 19.5 Å². The van der Waals surface area contributed by atoms with Crippen LogP contribution in [-0.4, -0.2) is 45.0 Å². The van der Waals surface area contributed by atoms with Crippen molar-refractivity contribution in [3.05, 3.63) is 30.1 Å². The first kappa shape index (κ1) is 17.2. The number of carbonyl (C=O) groups is 1. The Kier molecular flexibility index (Phi) is 5.36. The average Bonchev–Trinajstić information content (AvgIpc) is 2.52. The van der Waals surface area contributed by atoms with Gasteiger partial charge in [0.2, 0.25) is 5.91 Å². The molecule has 2 atom stereocenters. The summed E-state index contributed by atoms with van der Waals surface area (Å²) < 4.78 is 30.0. The Morgan fingerprint density at radius 2 is 2.29 bits per heavy atom. The number of halogens is 1. The zero-order chi connectivity index (χ0) is 17.0. The number of carbonyl (C=O) groups excluding carboxylic acids is 1. The van der Waals surface area contributed by atoms with Gasteiger partial charge in [0.25, 0.3) is 0 Å². The lowest BCUT2D eigenvalue weighted by molar-refractivity contribution is -0.143. The van der Waals surface area contributed by atoms with Crippen LogP contribution in [0.25, 0.3) is 0 Å². The molecule has 5 nitrogen and oxygen atoms in total. The molecule has 2 fully saturated rings. The molecule has 1 aliphatic carbocycles. The van der Waals surface area contributed by atoms with Gasteiger partial charge in [-0.05, 0) is 25.0 Å². The minimum atomic E-state index is -0.421. The van der Waals surface area contributed by atoms with E-state index in [0.29, 0.717) is 32.0 Å². The van der Waals surface area contributed by atoms with Crippen LogP contribution in [-0.2, 0) is 14.3 Å². The number of nitrogens with one attached hydrogen (secondary N) is 1. The minimum Gasteiger partial charge on any atom is -0.488 e. The highest BCUT2D eigenvalue weighted by atomic mass is 19.1. The minimum absolute atomic E-state index is 0.000979. The summed E-state index contributed by atoms with van der Waals surface area (Å²) in [5.74, 6) is 0.129. The van der Waals surface area contributed by atoms with E-state index in [1.54, 1.807) is 19.2 Å². The van der Waals surface area contributed by atoms with E-state index in [1.165, 1.54) is 12.1 Å². The number of amides is 1. The Morgan fingerprint density at radius 1 is 1.46 bits per heavy atom. The van der Waals surface area contributed by atoms with Crippen LogP contribution >= 0.6 is 0 Å². The fourth-order valence-corrected chi connectivity index (χ4v) is 3.35. The van der Waals surface area contributed by atoms with Crippen LogP contribution in [0.5, 0.6) is 5.75 Å². The van der Waals surface area contributed by atoms with Crippen LogP contribution in [0.15, 0.2) is 24.3 Å². The maximum Gasteiger partial charge on any atom is 0.228 e. The topological polar surface area (TPSA) is 56.8 Å². The summed E-state index contributed by atoms with van der Waals surface area (Å²) in [6.07, 6.45) is 3.15. The zero-order valence-corrected chi connectivity index (χ0v) is 13.9. The van der Waals surface area contributed by atoms with Gasteiger partial charge in [-0.2, -0.15) is 0 Å². The Labute approximate surface area is 141 Å². The van der Waals surface area contributed by atoms with E-state index in [4.69, 9.17) is 14.2 Å². The molecule has 1 N–H and O–H groups in total. The molecule has 0 spiro atoms. The molecule has 1 aromatic rings. The second kappa shape index (κ2) is 7.49. The summed E-state index contributed by atoms with van der Waals surface area (Å²) in [5, 5.41) is 3.07. The molecule has 6 heteroatoms. The lowest BCUT2D eigenvalue weighted by Gasteiger charge is -2.42. The van der Waals surface area contributed by atoms with Gasteiger partial charge in [0, 0.05) is 19.6 Å². The third kappa shape index (κ3) is 3.70. The molecule has 2 aliphatic rings. The van der Waals surface area contributed by atoms with Crippen molar-refractivity contribution in [1.29, 1.82) is 0 Å². The summed E-state index contributed by atoms with van der Waals surface area (Å²) >= 11 is 0. The second-order valence-electron chi connectivity index (χ2n) is 6.62.